The van der Waals surface area contributed by atoms with Crippen LogP contribution in [0.4, 0.5) is 5.95 Å². The van der Waals surface area contributed by atoms with E-state index in [1.54, 1.807) is 20.9 Å². The molecule has 0 fully saturated rings. The lowest BCUT2D eigenvalue weighted by atomic mass is 10.1. The zero-order valence-corrected chi connectivity index (χ0v) is 10.4. The molecule has 2 rings (SSSR count). The normalized spacial score (nSPS) is 10.1. The summed E-state index contributed by atoms with van der Waals surface area (Å²) in [4.78, 5) is 11.0. The van der Waals surface area contributed by atoms with E-state index in [2.05, 4.69) is 20.6 Å². The number of aromatic carboxylic acids is 1. The molecule has 0 aliphatic carbocycles. The molecule has 8 heteroatoms. The summed E-state index contributed by atoms with van der Waals surface area (Å²) in [5, 5.41) is 23.6. The van der Waals surface area contributed by atoms with Crippen LogP contribution in [-0.4, -0.2) is 37.9 Å². The predicted molar refractivity (Wildman–Crippen MR) is 64.0 cm³/mol. The predicted octanol–water partition coefficient (Wildman–Crippen LogP) is 0.903. The van der Waals surface area contributed by atoms with Crippen LogP contribution in [0.1, 0.15) is 21.6 Å². The molecule has 0 saturated heterocycles. The van der Waals surface area contributed by atoms with Gasteiger partial charge in [-0.2, -0.15) is 9.61 Å². The summed E-state index contributed by atoms with van der Waals surface area (Å²) >= 11 is 0. The highest BCUT2D eigenvalue weighted by molar-refractivity contribution is 5.88. The molecule has 2 N–H and O–H groups in total. The van der Waals surface area contributed by atoms with Crippen LogP contribution in [-0.2, 0) is 0 Å². The van der Waals surface area contributed by atoms with Crippen LogP contribution in [0.3, 0.4) is 0 Å². The molecule has 2 aromatic heterocycles. The number of aryl methyl sites for hydroxylation is 1. The number of aromatic nitrogens is 4. The van der Waals surface area contributed by atoms with Crippen LogP contribution in [0, 0.1) is 13.8 Å². The number of halogens is 1. The van der Waals surface area contributed by atoms with Crippen molar-refractivity contribution in [3.05, 3.63) is 16.8 Å². The van der Waals surface area contributed by atoms with Gasteiger partial charge in [0.05, 0.1) is 0 Å². The van der Waals surface area contributed by atoms with E-state index in [9.17, 15) is 4.79 Å². The number of nitrogens with one attached hydrogen (secondary N) is 1. The summed E-state index contributed by atoms with van der Waals surface area (Å²) in [6, 6.07) is 0. The molecule has 0 spiro atoms. The summed E-state index contributed by atoms with van der Waals surface area (Å²) in [7, 11) is 1.67. The largest absolute Gasteiger partial charge is 0.476 e. The van der Waals surface area contributed by atoms with E-state index >= 15 is 0 Å². The number of carboxylic acids is 1. The number of rotatable bonds is 2. The Kier molecular flexibility index (Phi) is 3.52. The molecular formula is C9H12ClN5O2. The van der Waals surface area contributed by atoms with Gasteiger partial charge in [-0.15, -0.1) is 22.6 Å². The molecule has 0 aliphatic heterocycles. The SMILES string of the molecule is CNc1nnc2c(C)c(C)c(C(=O)O)nn12.Cl. The van der Waals surface area contributed by atoms with Gasteiger partial charge in [-0.25, -0.2) is 4.79 Å². The zero-order chi connectivity index (χ0) is 11.9. The van der Waals surface area contributed by atoms with Crippen molar-refractivity contribution in [1.82, 2.24) is 19.8 Å². The minimum absolute atomic E-state index is 0. The van der Waals surface area contributed by atoms with E-state index in [-0.39, 0.29) is 18.1 Å². The van der Waals surface area contributed by atoms with Crippen molar-refractivity contribution in [2.45, 2.75) is 13.8 Å². The Balaban J connectivity index is 0.00000144. The highest BCUT2D eigenvalue weighted by Crippen LogP contribution is 2.17. The van der Waals surface area contributed by atoms with Crippen molar-refractivity contribution < 1.29 is 9.90 Å². The minimum Gasteiger partial charge on any atom is -0.476 e. The fraction of sp³-hybridized carbons (Fsp3) is 0.333. The van der Waals surface area contributed by atoms with Crippen molar-refractivity contribution in [2.75, 3.05) is 12.4 Å². The van der Waals surface area contributed by atoms with Crippen molar-refractivity contribution in [3.63, 3.8) is 0 Å². The van der Waals surface area contributed by atoms with Gasteiger partial charge in [-0.05, 0) is 19.4 Å². The van der Waals surface area contributed by atoms with E-state index in [1.165, 1.54) is 4.52 Å². The smallest absolute Gasteiger partial charge is 0.356 e. The quantitative estimate of drug-likeness (QED) is 0.831. The summed E-state index contributed by atoms with van der Waals surface area (Å²) in [6.07, 6.45) is 0. The van der Waals surface area contributed by atoms with Crippen LogP contribution in [0.5, 0.6) is 0 Å². The molecule has 0 aliphatic rings. The average molecular weight is 258 g/mol. The summed E-state index contributed by atoms with van der Waals surface area (Å²) < 4.78 is 1.39. The van der Waals surface area contributed by atoms with Crippen LogP contribution < -0.4 is 5.32 Å². The number of anilines is 1. The molecule has 2 heterocycles. The second-order valence-corrected chi connectivity index (χ2v) is 3.41. The molecular weight excluding hydrogens is 246 g/mol. The molecule has 0 amide bonds. The number of hydrogen-bond donors (Lipinski definition) is 2. The molecule has 17 heavy (non-hydrogen) atoms. The average Bonchev–Trinajstić information content (AvgIpc) is 2.65. The fourth-order valence-electron chi connectivity index (χ4n) is 1.49. The first kappa shape index (κ1) is 13.2. The van der Waals surface area contributed by atoms with Crippen LogP contribution in [0.15, 0.2) is 0 Å². The lowest BCUT2D eigenvalue weighted by molar-refractivity contribution is 0.0688. The molecule has 0 saturated carbocycles. The summed E-state index contributed by atoms with van der Waals surface area (Å²) in [5.74, 6) is -0.640. The number of fused-ring (bicyclic) bond motifs is 1. The maximum absolute atomic E-state index is 11.0. The maximum atomic E-state index is 11.0. The van der Waals surface area contributed by atoms with Gasteiger partial charge < -0.3 is 10.4 Å². The molecule has 92 valence electrons. The van der Waals surface area contributed by atoms with Crippen LogP contribution >= 0.6 is 12.4 Å². The Morgan fingerprint density at radius 1 is 1.29 bits per heavy atom. The highest BCUT2D eigenvalue weighted by Gasteiger charge is 2.17. The van der Waals surface area contributed by atoms with Crippen molar-refractivity contribution in [1.29, 1.82) is 0 Å². The molecule has 0 aromatic carbocycles. The van der Waals surface area contributed by atoms with E-state index in [0.29, 0.717) is 17.2 Å². The van der Waals surface area contributed by atoms with Gasteiger partial charge in [0.1, 0.15) is 0 Å². The minimum atomic E-state index is -1.06. The third-order valence-electron chi connectivity index (χ3n) is 2.52. The maximum Gasteiger partial charge on any atom is 0.356 e. The number of carbonyl (C=O) groups is 1. The lowest BCUT2D eigenvalue weighted by Gasteiger charge is -2.05. The number of nitrogens with zero attached hydrogens (tertiary/aromatic N) is 4. The van der Waals surface area contributed by atoms with Crippen molar-refractivity contribution in [3.8, 4) is 0 Å². The Labute approximate surface area is 103 Å². The number of hydrogen-bond acceptors (Lipinski definition) is 5. The highest BCUT2D eigenvalue weighted by atomic mass is 35.5. The van der Waals surface area contributed by atoms with Crippen molar-refractivity contribution >= 4 is 30.0 Å². The van der Waals surface area contributed by atoms with E-state index in [1.807, 2.05) is 0 Å². The van der Waals surface area contributed by atoms with Gasteiger partial charge in [0.2, 0.25) is 5.95 Å². The number of carboxylic acid groups (broad SMARTS) is 1. The second kappa shape index (κ2) is 4.54. The van der Waals surface area contributed by atoms with Gasteiger partial charge in [-0.1, -0.05) is 0 Å². The molecule has 0 unspecified atom stereocenters. The molecule has 0 radical (unpaired) electrons. The van der Waals surface area contributed by atoms with E-state index < -0.39 is 5.97 Å². The Morgan fingerprint density at radius 2 is 1.94 bits per heavy atom. The van der Waals surface area contributed by atoms with Gasteiger partial charge in [0.25, 0.3) is 0 Å². The topological polar surface area (TPSA) is 92.4 Å². The van der Waals surface area contributed by atoms with Gasteiger partial charge in [0, 0.05) is 12.6 Å². The third-order valence-corrected chi connectivity index (χ3v) is 2.52. The Morgan fingerprint density at radius 3 is 2.47 bits per heavy atom. The first-order valence-corrected chi connectivity index (χ1v) is 4.70. The monoisotopic (exact) mass is 257 g/mol. The van der Waals surface area contributed by atoms with Gasteiger partial charge in [-0.3, -0.25) is 0 Å². The Hall–Kier alpha value is -1.89. The second-order valence-electron chi connectivity index (χ2n) is 3.41. The fourth-order valence-corrected chi connectivity index (χ4v) is 1.49. The van der Waals surface area contributed by atoms with E-state index in [0.717, 1.165) is 5.56 Å². The van der Waals surface area contributed by atoms with Gasteiger partial charge >= 0.3 is 5.97 Å². The Bertz CT molecular complexity index is 580. The summed E-state index contributed by atoms with van der Waals surface area (Å²) in [5.41, 5.74) is 1.95. The third kappa shape index (κ3) is 1.89. The molecule has 0 atom stereocenters. The van der Waals surface area contributed by atoms with E-state index in [4.69, 9.17) is 5.11 Å². The van der Waals surface area contributed by atoms with Crippen molar-refractivity contribution in [2.24, 2.45) is 0 Å². The van der Waals surface area contributed by atoms with Crippen LogP contribution in [0.25, 0.3) is 5.65 Å². The zero-order valence-electron chi connectivity index (χ0n) is 9.55. The van der Waals surface area contributed by atoms with Crippen LogP contribution in [0.2, 0.25) is 0 Å². The first-order valence-electron chi connectivity index (χ1n) is 4.70. The standard InChI is InChI=1S/C9H11N5O2.ClH/c1-4-5(2)7-11-12-9(10-3)14(7)13-6(4)8(15)16;/h1-3H3,(H,10,12)(H,15,16);1H. The van der Waals surface area contributed by atoms with Gasteiger partial charge in [0.15, 0.2) is 11.3 Å². The molecule has 2 aromatic rings. The molecule has 7 nitrogen and oxygen atoms in total. The lowest BCUT2D eigenvalue weighted by Crippen LogP contribution is -2.11. The molecule has 0 bridgehead atoms. The summed E-state index contributed by atoms with van der Waals surface area (Å²) in [6.45, 7) is 3.51. The first-order chi connectivity index (χ1) is 7.56.